The Balaban J connectivity index is 2.03. The van der Waals surface area contributed by atoms with E-state index in [4.69, 9.17) is 0 Å². The molecule has 1 N–H and O–H groups in total. The Morgan fingerprint density at radius 1 is 1.47 bits per heavy atom. The van der Waals surface area contributed by atoms with Crippen LogP contribution in [0.1, 0.15) is 13.3 Å². The predicted molar refractivity (Wildman–Crippen MR) is 55.1 cm³/mol. The number of nitrogens with one attached hydrogen (secondary N) is 1. The summed E-state index contributed by atoms with van der Waals surface area (Å²) in [7, 11) is 0. The SMILES string of the molecule is CC#CCCNc1ccc2nnnn2n1. The number of hydrogen-bond acceptors (Lipinski definition) is 5. The molecule has 2 aromatic heterocycles. The van der Waals surface area contributed by atoms with Crippen molar-refractivity contribution >= 4 is 11.5 Å². The summed E-state index contributed by atoms with van der Waals surface area (Å²) < 4.78 is 1.38. The Morgan fingerprint density at radius 2 is 2.40 bits per heavy atom. The van der Waals surface area contributed by atoms with E-state index in [2.05, 4.69) is 37.8 Å². The van der Waals surface area contributed by atoms with Gasteiger partial charge in [0.05, 0.1) is 0 Å². The van der Waals surface area contributed by atoms with E-state index in [-0.39, 0.29) is 0 Å². The second-order valence-electron chi connectivity index (χ2n) is 2.85. The van der Waals surface area contributed by atoms with Gasteiger partial charge in [0.15, 0.2) is 5.65 Å². The molecular formula is C9H10N6. The Hall–Kier alpha value is -2.16. The van der Waals surface area contributed by atoms with Crippen molar-refractivity contribution in [2.24, 2.45) is 0 Å². The van der Waals surface area contributed by atoms with Crippen LogP contribution in [0.4, 0.5) is 5.82 Å². The largest absolute Gasteiger partial charge is 0.368 e. The van der Waals surface area contributed by atoms with Gasteiger partial charge in [-0.1, -0.05) is 0 Å². The van der Waals surface area contributed by atoms with Crippen LogP contribution in [0.3, 0.4) is 0 Å². The first kappa shape index (κ1) is 9.40. The Bertz CT molecular complexity index is 506. The molecule has 0 radical (unpaired) electrons. The van der Waals surface area contributed by atoms with Gasteiger partial charge in [0.25, 0.3) is 0 Å². The van der Waals surface area contributed by atoms with Crippen LogP contribution >= 0.6 is 0 Å². The molecule has 15 heavy (non-hydrogen) atoms. The van der Waals surface area contributed by atoms with E-state index >= 15 is 0 Å². The number of nitrogens with zero attached hydrogens (tertiary/aromatic N) is 5. The minimum absolute atomic E-state index is 0.633. The highest BCUT2D eigenvalue weighted by molar-refractivity contribution is 5.42. The van der Waals surface area contributed by atoms with Gasteiger partial charge >= 0.3 is 0 Å². The van der Waals surface area contributed by atoms with E-state index in [1.807, 2.05) is 13.0 Å². The Kier molecular flexibility index (Phi) is 2.74. The van der Waals surface area contributed by atoms with Gasteiger partial charge in [-0.2, -0.15) is 0 Å². The zero-order chi connectivity index (χ0) is 10.5. The molecule has 2 aromatic rings. The first-order chi connectivity index (χ1) is 7.40. The van der Waals surface area contributed by atoms with E-state index < -0.39 is 0 Å². The van der Waals surface area contributed by atoms with Crippen LogP contribution in [-0.4, -0.2) is 31.8 Å². The fourth-order valence-electron chi connectivity index (χ4n) is 1.12. The molecule has 0 atom stereocenters. The van der Waals surface area contributed by atoms with Crippen molar-refractivity contribution in [1.29, 1.82) is 0 Å². The molecule has 0 unspecified atom stereocenters. The van der Waals surface area contributed by atoms with Crippen LogP contribution < -0.4 is 5.32 Å². The van der Waals surface area contributed by atoms with Crippen molar-refractivity contribution in [1.82, 2.24) is 25.3 Å². The van der Waals surface area contributed by atoms with Crippen molar-refractivity contribution in [3.8, 4) is 11.8 Å². The quantitative estimate of drug-likeness (QED) is 0.574. The van der Waals surface area contributed by atoms with Crippen LogP contribution in [0.15, 0.2) is 12.1 Å². The maximum atomic E-state index is 4.15. The van der Waals surface area contributed by atoms with Crippen LogP contribution in [0, 0.1) is 11.8 Å². The van der Waals surface area contributed by atoms with Crippen molar-refractivity contribution < 1.29 is 0 Å². The number of rotatable bonds is 3. The van der Waals surface area contributed by atoms with E-state index in [1.54, 1.807) is 6.07 Å². The van der Waals surface area contributed by atoms with Crippen LogP contribution in [0.2, 0.25) is 0 Å². The molecule has 0 aliphatic rings. The lowest BCUT2D eigenvalue weighted by atomic mass is 10.4. The lowest BCUT2D eigenvalue weighted by molar-refractivity contribution is 0.734. The molecule has 0 aliphatic heterocycles. The van der Waals surface area contributed by atoms with Crippen LogP contribution in [0.25, 0.3) is 5.65 Å². The number of aromatic nitrogens is 5. The molecule has 0 saturated carbocycles. The van der Waals surface area contributed by atoms with Crippen molar-refractivity contribution in [2.75, 3.05) is 11.9 Å². The normalized spacial score (nSPS) is 9.67. The van der Waals surface area contributed by atoms with Crippen molar-refractivity contribution in [2.45, 2.75) is 13.3 Å². The molecule has 2 heterocycles. The molecule has 0 aromatic carbocycles. The summed E-state index contributed by atoms with van der Waals surface area (Å²) in [5.74, 6) is 6.54. The van der Waals surface area contributed by atoms with Gasteiger partial charge < -0.3 is 5.32 Å². The number of hydrogen-bond donors (Lipinski definition) is 1. The molecular weight excluding hydrogens is 192 g/mol. The zero-order valence-corrected chi connectivity index (χ0v) is 8.30. The number of anilines is 1. The van der Waals surface area contributed by atoms with Crippen LogP contribution in [0.5, 0.6) is 0 Å². The molecule has 0 amide bonds. The summed E-state index contributed by atoms with van der Waals surface area (Å²) in [6.07, 6.45) is 0.797. The molecule has 76 valence electrons. The third-order valence-corrected chi connectivity index (χ3v) is 1.80. The molecule has 0 aliphatic carbocycles. The van der Waals surface area contributed by atoms with Gasteiger partial charge in [-0.25, -0.2) is 0 Å². The predicted octanol–water partition coefficient (Wildman–Crippen LogP) is 0.345. The Labute approximate surface area is 86.7 Å². The van der Waals surface area contributed by atoms with Gasteiger partial charge in [-0.15, -0.1) is 26.7 Å². The minimum Gasteiger partial charge on any atom is -0.368 e. The van der Waals surface area contributed by atoms with Crippen molar-refractivity contribution in [3.63, 3.8) is 0 Å². The average Bonchev–Trinajstić information content (AvgIpc) is 2.71. The second-order valence-corrected chi connectivity index (χ2v) is 2.85. The minimum atomic E-state index is 0.633. The van der Waals surface area contributed by atoms with Gasteiger partial charge in [-0.05, 0) is 29.5 Å². The lowest BCUT2D eigenvalue weighted by Crippen LogP contribution is -2.05. The summed E-state index contributed by atoms with van der Waals surface area (Å²) >= 11 is 0. The smallest absolute Gasteiger partial charge is 0.200 e. The molecule has 0 saturated heterocycles. The van der Waals surface area contributed by atoms with E-state index in [0.29, 0.717) is 5.65 Å². The highest BCUT2D eigenvalue weighted by atomic mass is 15.6. The molecule has 6 heteroatoms. The summed E-state index contributed by atoms with van der Waals surface area (Å²) in [6.45, 7) is 2.59. The summed E-state index contributed by atoms with van der Waals surface area (Å²) in [5, 5.41) is 18.2. The maximum Gasteiger partial charge on any atom is 0.200 e. The second kappa shape index (κ2) is 4.37. The summed E-state index contributed by atoms with van der Waals surface area (Å²) in [5.41, 5.74) is 0.633. The number of fused-ring (bicyclic) bond motifs is 1. The number of tetrazole rings is 1. The van der Waals surface area contributed by atoms with E-state index in [1.165, 1.54) is 4.63 Å². The van der Waals surface area contributed by atoms with Crippen molar-refractivity contribution in [3.05, 3.63) is 12.1 Å². The molecule has 0 bridgehead atoms. The standard InChI is InChI=1S/C9H10N6/c1-2-3-4-7-10-8-5-6-9-11-13-14-15(9)12-8/h5-6H,4,7H2,1H3,(H,10,12). The fraction of sp³-hybridized carbons (Fsp3) is 0.333. The van der Waals surface area contributed by atoms with Gasteiger partial charge in [0.2, 0.25) is 0 Å². The molecule has 2 rings (SSSR count). The highest BCUT2D eigenvalue weighted by Crippen LogP contribution is 2.02. The summed E-state index contributed by atoms with van der Waals surface area (Å²) in [4.78, 5) is 0. The van der Waals surface area contributed by atoms with E-state index in [9.17, 15) is 0 Å². The third kappa shape index (κ3) is 2.20. The zero-order valence-electron chi connectivity index (χ0n) is 8.30. The highest BCUT2D eigenvalue weighted by Gasteiger charge is 1.98. The summed E-state index contributed by atoms with van der Waals surface area (Å²) in [6, 6.07) is 3.64. The molecule has 0 fully saturated rings. The fourth-order valence-corrected chi connectivity index (χ4v) is 1.12. The Morgan fingerprint density at radius 3 is 3.27 bits per heavy atom. The topological polar surface area (TPSA) is 68.0 Å². The maximum absolute atomic E-state index is 4.15. The molecule has 6 nitrogen and oxygen atoms in total. The van der Waals surface area contributed by atoms with Gasteiger partial charge in [0, 0.05) is 13.0 Å². The van der Waals surface area contributed by atoms with E-state index in [0.717, 1.165) is 18.8 Å². The molecule has 0 spiro atoms. The first-order valence-corrected chi connectivity index (χ1v) is 4.59. The first-order valence-electron chi connectivity index (χ1n) is 4.59. The lowest BCUT2D eigenvalue weighted by Gasteiger charge is -2.01. The average molecular weight is 202 g/mol. The van der Waals surface area contributed by atoms with Gasteiger partial charge in [0.1, 0.15) is 5.82 Å². The monoisotopic (exact) mass is 202 g/mol. The third-order valence-electron chi connectivity index (χ3n) is 1.80. The van der Waals surface area contributed by atoms with Gasteiger partial charge in [-0.3, -0.25) is 0 Å². The van der Waals surface area contributed by atoms with Crippen LogP contribution in [-0.2, 0) is 0 Å².